The van der Waals surface area contributed by atoms with E-state index in [1.165, 1.54) is 25.3 Å². The molecule has 1 aromatic rings. The van der Waals surface area contributed by atoms with Crippen LogP contribution in [0.15, 0.2) is 18.2 Å². The molecule has 2 N–H and O–H groups in total. The van der Waals surface area contributed by atoms with Gasteiger partial charge < -0.3 is 10.5 Å². The standard InChI is InChI=1S/C18H28FNO/c1-3-13-7-5-6-8-17(13)21-18-10-9-15(19)11-14(18)12-16(20)4-2/h9-11,13,16-17H,3-8,12,20H2,1-2H3. The number of hydrogen-bond acceptors (Lipinski definition) is 2. The molecule has 0 amide bonds. The van der Waals surface area contributed by atoms with Crippen LogP contribution < -0.4 is 10.5 Å². The molecule has 0 heterocycles. The molecule has 2 nitrogen and oxygen atoms in total. The van der Waals surface area contributed by atoms with Gasteiger partial charge >= 0.3 is 0 Å². The van der Waals surface area contributed by atoms with E-state index in [1.54, 1.807) is 12.1 Å². The number of benzene rings is 1. The third-order valence-corrected chi connectivity index (χ3v) is 4.67. The molecule has 3 atom stereocenters. The van der Waals surface area contributed by atoms with Crippen molar-refractivity contribution in [3.63, 3.8) is 0 Å². The van der Waals surface area contributed by atoms with Gasteiger partial charge in [-0.2, -0.15) is 0 Å². The maximum absolute atomic E-state index is 13.5. The van der Waals surface area contributed by atoms with E-state index < -0.39 is 0 Å². The van der Waals surface area contributed by atoms with Gasteiger partial charge in [-0.3, -0.25) is 0 Å². The van der Waals surface area contributed by atoms with E-state index in [0.29, 0.717) is 12.3 Å². The first-order valence-corrected chi connectivity index (χ1v) is 8.34. The summed E-state index contributed by atoms with van der Waals surface area (Å²) in [5, 5.41) is 0. The number of rotatable bonds is 6. The molecule has 0 saturated heterocycles. The van der Waals surface area contributed by atoms with Crippen LogP contribution in [0.4, 0.5) is 4.39 Å². The molecule has 0 aromatic heterocycles. The summed E-state index contributed by atoms with van der Waals surface area (Å²) in [6.45, 7) is 4.28. The second-order valence-corrected chi connectivity index (χ2v) is 6.23. The van der Waals surface area contributed by atoms with Crippen LogP contribution >= 0.6 is 0 Å². The molecule has 1 aromatic carbocycles. The zero-order valence-corrected chi connectivity index (χ0v) is 13.3. The quantitative estimate of drug-likeness (QED) is 0.841. The van der Waals surface area contributed by atoms with Crippen molar-refractivity contribution in [3.05, 3.63) is 29.6 Å². The summed E-state index contributed by atoms with van der Waals surface area (Å²) in [7, 11) is 0. The van der Waals surface area contributed by atoms with E-state index in [-0.39, 0.29) is 18.0 Å². The summed E-state index contributed by atoms with van der Waals surface area (Å²) in [6.07, 6.45) is 7.86. The second-order valence-electron chi connectivity index (χ2n) is 6.23. The summed E-state index contributed by atoms with van der Waals surface area (Å²) >= 11 is 0. The van der Waals surface area contributed by atoms with Gasteiger partial charge in [0.1, 0.15) is 17.7 Å². The zero-order chi connectivity index (χ0) is 15.2. The Morgan fingerprint density at radius 1 is 1.29 bits per heavy atom. The molecule has 1 aliphatic rings. The smallest absolute Gasteiger partial charge is 0.123 e. The lowest BCUT2D eigenvalue weighted by Gasteiger charge is -2.32. The topological polar surface area (TPSA) is 35.2 Å². The fraction of sp³-hybridized carbons (Fsp3) is 0.667. The third kappa shape index (κ3) is 4.44. The summed E-state index contributed by atoms with van der Waals surface area (Å²) in [4.78, 5) is 0. The van der Waals surface area contributed by atoms with Gasteiger partial charge in [0.05, 0.1) is 0 Å². The van der Waals surface area contributed by atoms with Crippen LogP contribution in [0.3, 0.4) is 0 Å². The molecule has 0 radical (unpaired) electrons. The predicted octanol–water partition coefficient (Wildman–Crippen LogP) is 4.45. The molecule has 118 valence electrons. The van der Waals surface area contributed by atoms with Crippen LogP contribution in [0.2, 0.25) is 0 Å². The lowest BCUT2D eigenvalue weighted by Crippen LogP contribution is -2.30. The average Bonchev–Trinajstić information content (AvgIpc) is 2.50. The minimum Gasteiger partial charge on any atom is -0.490 e. The van der Waals surface area contributed by atoms with Crippen molar-refractivity contribution in [2.45, 2.75) is 70.9 Å². The minimum absolute atomic E-state index is 0.0578. The Labute approximate surface area is 127 Å². The largest absolute Gasteiger partial charge is 0.490 e. The van der Waals surface area contributed by atoms with Gasteiger partial charge in [0.2, 0.25) is 0 Å². The maximum atomic E-state index is 13.5. The first-order chi connectivity index (χ1) is 10.1. The molecule has 3 unspecified atom stereocenters. The molecule has 0 bridgehead atoms. The van der Waals surface area contributed by atoms with Crippen LogP contribution in [0.25, 0.3) is 0 Å². The van der Waals surface area contributed by atoms with E-state index in [9.17, 15) is 4.39 Å². The fourth-order valence-corrected chi connectivity index (χ4v) is 3.21. The van der Waals surface area contributed by atoms with E-state index in [2.05, 4.69) is 13.8 Å². The molecule has 1 saturated carbocycles. The molecule has 3 heteroatoms. The number of nitrogens with two attached hydrogens (primary N) is 1. The Balaban J connectivity index is 2.14. The monoisotopic (exact) mass is 293 g/mol. The maximum Gasteiger partial charge on any atom is 0.123 e. The highest BCUT2D eigenvalue weighted by Crippen LogP contribution is 2.32. The molecule has 1 aliphatic carbocycles. The molecule has 0 aliphatic heterocycles. The van der Waals surface area contributed by atoms with Crippen molar-refractivity contribution in [2.75, 3.05) is 0 Å². The average molecular weight is 293 g/mol. The Morgan fingerprint density at radius 3 is 2.76 bits per heavy atom. The summed E-state index contributed by atoms with van der Waals surface area (Å²) in [6, 6.07) is 4.89. The summed E-state index contributed by atoms with van der Waals surface area (Å²) in [5.74, 6) is 1.23. The van der Waals surface area contributed by atoms with Crippen LogP contribution in [0, 0.1) is 11.7 Å². The van der Waals surface area contributed by atoms with E-state index in [0.717, 1.165) is 30.6 Å². The number of ether oxygens (including phenoxy) is 1. The van der Waals surface area contributed by atoms with Gasteiger partial charge in [-0.1, -0.05) is 20.3 Å². The molecule has 1 fully saturated rings. The highest BCUT2D eigenvalue weighted by atomic mass is 19.1. The second kappa shape index (κ2) is 7.79. The van der Waals surface area contributed by atoms with Crippen molar-refractivity contribution in [1.29, 1.82) is 0 Å². The summed E-state index contributed by atoms with van der Waals surface area (Å²) in [5.41, 5.74) is 6.94. The highest BCUT2D eigenvalue weighted by Gasteiger charge is 2.26. The normalized spacial score (nSPS) is 23.8. The SMILES string of the molecule is CCC(N)Cc1cc(F)ccc1OC1CCCCC1CC. The lowest BCUT2D eigenvalue weighted by atomic mass is 9.84. The number of halogens is 1. The Bertz CT molecular complexity index is 449. The van der Waals surface area contributed by atoms with Crippen LogP contribution in [-0.2, 0) is 6.42 Å². The van der Waals surface area contributed by atoms with E-state index in [1.807, 2.05) is 0 Å². The van der Waals surface area contributed by atoms with Gasteiger partial charge in [-0.25, -0.2) is 4.39 Å². The highest BCUT2D eigenvalue weighted by molar-refractivity contribution is 5.35. The lowest BCUT2D eigenvalue weighted by molar-refractivity contribution is 0.0892. The van der Waals surface area contributed by atoms with Gasteiger partial charge in [-0.15, -0.1) is 0 Å². The molecular weight excluding hydrogens is 265 g/mol. The van der Waals surface area contributed by atoms with Crippen molar-refractivity contribution >= 4 is 0 Å². The van der Waals surface area contributed by atoms with Gasteiger partial charge in [-0.05, 0) is 68.2 Å². The van der Waals surface area contributed by atoms with E-state index >= 15 is 0 Å². The third-order valence-electron chi connectivity index (χ3n) is 4.67. The Morgan fingerprint density at radius 2 is 2.05 bits per heavy atom. The van der Waals surface area contributed by atoms with Crippen molar-refractivity contribution < 1.29 is 9.13 Å². The van der Waals surface area contributed by atoms with E-state index in [4.69, 9.17) is 10.5 Å². The van der Waals surface area contributed by atoms with Crippen LogP contribution in [0.5, 0.6) is 5.75 Å². The Kier molecular flexibility index (Phi) is 6.04. The van der Waals surface area contributed by atoms with Crippen molar-refractivity contribution in [1.82, 2.24) is 0 Å². The number of hydrogen-bond donors (Lipinski definition) is 1. The minimum atomic E-state index is -0.212. The predicted molar refractivity (Wildman–Crippen MR) is 85.0 cm³/mol. The zero-order valence-electron chi connectivity index (χ0n) is 13.3. The first-order valence-electron chi connectivity index (χ1n) is 8.34. The Hall–Kier alpha value is -1.09. The van der Waals surface area contributed by atoms with Crippen LogP contribution in [0.1, 0.15) is 57.9 Å². The molecule has 0 spiro atoms. The van der Waals surface area contributed by atoms with Gasteiger partial charge in [0, 0.05) is 6.04 Å². The van der Waals surface area contributed by atoms with Crippen LogP contribution in [-0.4, -0.2) is 12.1 Å². The van der Waals surface area contributed by atoms with Gasteiger partial charge in [0.15, 0.2) is 0 Å². The van der Waals surface area contributed by atoms with Crippen molar-refractivity contribution in [2.24, 2.45) is 11.7 Å². The molecular formula is C18H28FNO. The molecule has 2 rings (SSSR count). The first kappa shape index (κ1) is 16.3. The fourth-order valence-electron chi connectivity index (χ4n) is 3.21. The van der Waals surface area contributed by atoms with Crippen molar-refractivity contribution in [3.8, 4) is 5.75 Å². The summed E-state index contributed by atoms with van der Waals surface area (Å²) < 4.78 is 19.8. The van der Waals surface area contributed by atoms with Gasteiger partial charge in [0.25, 0.3) is 0 Å². The molecule has 21 heavy (non-hydrogen) atoms.